The zero-order chi connectivity index (χ0) is 35.8. The Labute approximate surface area is 320 Å². The van der Waals surface area contributed by atoms with Crippen LogP contribution in [-0.4, -0.2) is 76.2 Å². The van der Waals surface area contributed by atoms with E-state index in [1.54, 1.807) is 12.1 Å². The van der Waals surface area contributed by atoms with Crippen LogP contribution in [0.25, 0.3) is 0 Å². The molecular weight excluding hydrogens is 669 g/mol. The molecule has 0 unspecified atom stereocenters. The van der Waals surface area contributed by atoms with Gasteiger partial charge in [0.15, 0.2) is 0 Å². The summed E-state index contributed by atoms with van der Waals surface area (Å²) in [5.74, 6) is -2.90. The second-order valence-corrected chi connectivity index (χ2v) is 15.5. The maximum Gasteiger partial charge on any atom is 1.00 e. The summed E-state index contributed by atoms with van der Waals surface area (Å²) in [4.78, 5) is 38.3. The molecule has 12 nitrogen and oxygen atoms in total. The molecule has 5 N–H and O–H groups in total. The van der Waals surface area contributed by atoms with Gasteiger partial charge in [-0.2, -0.15) is 8.42 Å². The van der Waals surface area contributed by atoms with Crippen LogP contribution in [0.4, 0.5) is 0 Å². The Morgan fingerprint density at radius 1 is 1.10 bits per heavy atom. The van der Waals surface area contributed by atoms with Crippen LogP contribution in [0.1, 0.15) is 96.2 Å². The summed E-state index contributed by atoms with van der Waals surface area (Å²) in [6.07, 6.45) is 9.75. The minimum absolute atomic E-state index is 0. The van der Waals surface area contributed by atoms with Crippen LogP contribution in [-0.2, 0) is 32.5 Å². The van der Waals surface area contributed by atoms with Gasteiger partial charge in [-0.25, -0.2) is 4.98 Å². The minimum atomic E-state index is -4.39. The quantitative estimate of drug-likeness (QED) is 0.0406. The number of carbonyl (C=O) groups is 2. The zero-order valence-electron chi connectivity index (χ0n) is 30.2. The van der Waals surface area contributed by atoms with Crippen LogP contribution in [0.15, 0.2) is 47.8 Å². The van der Waals surface area contributed by atoms with Crippen LogP contribution >= 0.6 is 0 Å². The van der Waals surface area contributed by atoms with Crippen molar-refractivity contribution in [3.63, 3.8) is 0 Å². The summed E-state index contributed by atoms with van der Waals surface area (Å²) in [5, 5.41) is 31.0. The topological polar surface area (TPSA) is 197 Å². The number of unbranched alkanes of at least 4 members (excludes halogenated alkanes) is 1. The second-order valence-electron chi connectivity index (χ2n) is 14.0. The molecule has 1 heterocycles. The molecule has 1 fully saturated rings. The van der Waals surface area contributed by atoms with Crippen molar-refractivity contribution in [2.24, 2.45) is 28.7 Å². The van der Waals surface area contributed by atoms with Gasteiger partial charge in [0.25, 0.3) is 10.1 Å². The Hall–Kier alpha value is -2.29. The number of aliphatic imine (C=N–C) groups is 1. The van der Waals surface area contributed by atoms with Crippen molar-refractivity contribution in [3.8, 4) is 0 Å². The molecule has 0 bridgehead atoms. The number of aliphatic hydroxyl groups is 1. The smallest absolute Gasteiger partial charge is 0.862 e. The molecule has 0 spiro atoms. The summed E-state index contributed by atoms with van der Waals surface area (Å²) in [6.45, 7) is 6.52. The average molecular weight is 726 g/mol. The molecule has 0 saturated heterocycles. The number of nitrogens with one attached hydrogen (secondary N) is 3. The number of rotatable bonds is 21. The Morgan fingerprint density at radius 3 is 2.40 bits per heavy atom. The molecule has 1 aliphatic rings. The van der Waals surface area contributed by atoms with E-state index in [1.165, 1.54) is 12.5 Å². The molecule has 274 valence electrons. The van der Waals surface area contributed by atoms with Gasteiger partial charge in [-0.3, -0.25) is 19.1 Å². The maximum absolute atomic E-state index is 14.0. The van der Waals surface area contributed by atoms with Gasteiger partial charge in [-0.1, -0.05) is 89.6 Å². The molecule has 5 atom stereocenters. The standard InChI is InChI=1S/C36H57N5O7S.Na/c1-4-5-16-38-35(44)30(25(2)3)21-33(42)31(18-27-14-10-7-11-15-27)41-36(45)32(20-29-22-37-24-39-29)40-34(43)19-28(23-49(46,47)48)17-26-12-8-6-9-13-26;/h6,8-9,12-13,22,24-25,27-28,30-33,42H,4-5,7,10-11,14-21,23H2,1-3H3,(H,37,39)(H,38,44)(H,40,43)(H,41,45)(H,46,47,48);/q;+1/p-1/t28-,30-,31-,32-,33-;/m0./s1. The first-order valence-electron chi connectivity index (χ1n) is 17.8. The SMILES string of the molecule is CCCCNC(=O)[C@@H](C[C@H](O)[C@H](CC1CCCCC1)NC(=O)[C@H](Cc1cnc[nH]1)N=C([O-])C[C@H](Cc1ccccc1)CS(=O)(=O)O)C(C)C.[Na+]. The van der Waals surface area contributed by atoms with Gasteiger partial charge in [-0.15, -0.1) is 0 Å². The largest absolute Gasteiger partial charge is 1.00 e. The number of hydrogen-bond donors (Lipinski definition) is 5. The van der Waals surface area contributed by atoms with Crippen molar-refractivity contribution in [3.05, 3.63) is 54.1 Å². The minimum Gasteiger partial charge on any atom is -0.862 e. The van der Waals surface area contributed by atoms with E-state index in [9.17, 15) is 32.8 Å². The van der Waals surface area contributed by atoms with E-state index in [4.69, 9.17) is 0 Å². The third kappa shape index (κ3) is 16.4. The van der Waals surface area contributed by atoms with Gasteiger partial charge in [0.05, 0.1) is 24.2 Å². The molecular formula is C36H56N5NaO7S. The van der Waals surface area contributed by atoms with Crippen molar-refractivity contribution in [2.75, 3.05) is 12.3 Å². The Bertz CT molecular complexity index is 1400. The van der Waals surface area contributed by atoms with Crippen LogP contribution < -0.4 is 45.3 Å². The Morgan fingerprint density at radius 2 is 1.80 bits per heavy atom. The molecule has 0 radical (unpaired) electrons. The summed E-state index contributed by atoms with van der Waals surface area (Å²) in [5.41, 5.74) is 1.37. The third-order valence-electron chi connectivity index (χ3n) is 9.42. The first-order chi connectivity index (χ1) is 23.3. The molecule has 0 aliphatic heterocycles. The first-order valence-corrected chi connectivity index (χ1v) is 19.4. The zero-order valence-corrected chi connectivity index (χ0v) is 33.0. The molecule has 3 rings (SSSR count). The van der Waals surface area contributed by atoms with E-state index >= 15 is 0 Å². The summed E-state index contributed by atoms with van der Waals surface area (Å²) in [6, 6.07) is 7.20. The van der Waals surface area contributed by atoms with Crippen LogP contribution in [0, 0.1) is 23.7 Å². The number of carbonyl (C=O) groups excluding carboxylic acids is 2. The Balaban J connectivity index is 0.00000867. The predicted molar refractivity (Wildman–Crippen MR) is 188 cm³/mol. The fourth-order valence-corrected chi connectivity index (χ4v) is 7.54. The van der Waals surface area contributed by atoms with Crippen molar-refractivity contribution in [1.82, 2.24) is 20.6 Å². The number of aromatic nitrogens is 2. The molecule has 1 aromatic carbocycles. The fourth-order valence-electron chi connectivity index (χ4n) is 6.71. The van der Waals surface area contributed by atoms with Crippen molar-refractivity contribution >= 4 is 27.8 Å². The van der Waals surface area contributed by atoms with E-state index in [1.807, 2.05) is 32.0 Å². The number of aliphatic hydroxyl groups excluding tert-OH is 1. The number of H-pyrrole nitrogens is 1. The monoisotopic (exact) mass is 725 g/mol. The molecule has 2 aromatic rings. The summed E-state index contributed by atoms with van der Waals surface area (Å²) >= 11 is 0. The number of imidazole rings is 1. The fraction of sp³-hybridized carbons (Fsp3) is 0.667. The number of aromatic amines is 1. The summed E-state index contributed by atoms with van der Waals surface area (Å²) in [7, 11) is -4.39. The van der Waals surface area contributed by atoms with E-state index in [-0.39, 0.29) is 67.1 Å². The maximum atomic E-state index is 14.0. The van der Waals surface area contributed by atoms with Gasteiger partial charge < -0.3 is 25.8 Å². The van der Waals surface area contributed by atoms with Gasteiger partial charge in [-0.05, 0) is 61.3 Å². The molecule has 14 heteroatoms. The third-order valence-corrected chi connectivity index (χ3v) is 10.3. The second kappa shape index (κ2) is 22.6. The van der Waals surface area contributed by atoms with E-state index in [0.717, 1.165) is 50.5 Å². The van der Waals surface area contributed by atoms with Gasteiger partial charge in [0.1, 0.15) is 6.04 Å². The molecule has 2 amide bonds. The molecule has 1 aromatic heterocycles. The van der Waals surface area contributed by atoms with Crippen LogP contribution in [0.5, 0.6) is 0 Å². The van der Waals surface area contributed by atoms with Gasteiger partial charge in [0, 0.05) is 30.8 Å². The predicted octanol–water partition coefficient (Wildman–Crippen LogP) is 0.615. The molecule has 1 saturated carbocycles. The number of amides is 2. The van der Waals surface area contributed by atoms with Gasteiger partial charge in [0.2, 0.25) is 11.8 Å². The van der Waals surface area contributed by atoms with Crippen molar-refractivity contribution < 1.29 is 62.3 Å². The number of benzene rings is 1. The van der Waals surface area contributed by atoms with Gasteiger partial charge >= 0.3 is 29.6 Å². The first kappa shape index (κ1) is 43.9. The average Bonchev–Trinajstić information content (AvgIpc) is 3.56. The molecule has 50 heavy (non-hydrogen) atoms. The molecule has 1 aliphatic carbocycles. The van der Waals surface area contributed by atoms with Crippen molar-refractivity contribution in [2.45, 2.75) is 116 Å². The van der Waals surface area contributed by atoms with E-state index < -0.39 is 57.7 Å². The van der Waals surface area contributed by atoms with Crippen LogP contribution in [0.2, 0.25) is 0 Å². The number of hydrogen-bond acceptors (Lipinski definition) is 8. The van der Waals surface area contributed by atoms with Crippen LogP contribution in [0.3, 0.4) is 0 Å². The normalized spacial score (nSPS) is 17.3. The van der Waals surface area contributed by atoms with E-state index in [0.29, 0.717) is 24.6 Å². The Kier molecular flexibility index (Phi) is 19.8. The summed E-state index contributed by atoms with van der Waals surface area (Å²) < 4.78 is 33.2. The van der Waals surface area contributed by atoms with E-state index in [2.05, 4.69) is 32.5 Å². The van der Waals surface area contributed by atoms with Crippen molar-refractivity contribution in [1.29, 1.82) is 0 Å². The number of nitrogens with zero attached hydrogens (tertiary/aromatic N) is 2.